The minimum Gasteiger partial charge on any atom is -0.390 e. The molecule has 3 N–H and O–H groups in total. The van der Waals surface area contributed by atoms with Gasteiger partial charge in [-0.3, -0.25) is 5.32 Å². The van der Waals surface area contributed by atoms with Crippen LogP contribution in [-0.4, -0.2) is 50.2 Å². The number of ether oxygens (including phenoxy) is 2. The molecule has 6 heteroatoms. The van der Waals surface area contributed by atoms with Crippen LogP contribution in [0.15, 0.2) is 0 Å². The van der Waals surface area contributed by atoms with E-state index in [0.717, 1.165) is 0 Å². The Labute approximate surface area is 213 Å². The number of rotatable bonds is 4. The van der Waals surface area contributed by atoms with Crippen molar-refractivity contribution in [1.82, 2.24) is 10.6 Å². The van der Waals surface area contributed by atoms with Crippen LogP contribution in [0.3, 0.4) is 0 Å². The largest absolute Gasteiger partial charge is 0.390 e. The van der Waals surface area contributed by atoms with Gasteiger partial charge in [-0.1, -0.05) is 5.92 Å². The van der Waals surface area contributed by atoms with E-state index >= 15 is 0 Å². The van der Waals surface area contributed by atoms with Crippen molar-refractivity contribution >= 4 is 6.03 Å². The summed E-state index contributed by atoms with van der Waals surface area (Å²) in [7, 11) is 3.04. The summed E-state index contributed by atoms with van der Waals surface area (Å²) < 4.78 is 10.4. The summed E-state index contributed by atoms with van der Waals surface area (Å²) in [6.07, 6.45) is -0.728. The van der Waals surface area contributed by atoms with E-state index < -0.39 is 18.2 Å². The van der Waals surface area contributed by atoms with E-state index in [9.17, 15) is 9.90 Å². The molecule has 0 aromatic carbocycles. The number of urea groups is 1. The van der Waals surface area contributed by atoms with Crippen LogP contribution in [0, 0.1) is 124 Å². The van der Waals surface area contributed by atoms with Crippen molar-refractivity contribution in [3.05, 3.63) is 0 Å². The SMILES string of the molecule is CC#CC#CC#CC#CC#CC#CC#CC#CC#CC#CNC(=O)N[C@@H]1C[C@H](COC)C(O)[C@@H]1OC. The maximum Gasteiger partial charge on any atom is 0.326 e. The molecular weight excluding hydrogens is 452 g/mol. The van der Waals surface area contributed by atoms with E-state index in [1.165, 1.54) is 7.11 Å². The van der Waals surface area contributed by atoms with Crippen molar-refractivity contribution in [3.63, 3.8) is 0 Å². The summed E-state index contributed by atoms with van der Waals surface area (Å²) in [5.41, 5.74) is 0. The third-order valence-corrected chi connectivity index (χ3v) is 4.17. The summed E-state index contributed by atoms with van der Waals surface area (Å²) in [6.45, 7) is 2.06. The lowest BCUT2D eigenvalue weighted by molar-refractivity contribution is -0.0278. The predicted octanol–water partition coefficient (Wildman–Crippen LogP) is -0.292. The average molecular weight is 473 g/mol. The number of aliphatic hydroxyl groups excluding tert-OH is 1. The number of aliphatic hydroxyl groups is 1. The van der Waals surface area contributed by atoms with Crippen LogP contribution in [0.1, 0.15) is 13.3 Å². The molecule has 1 saturated carbocycles. The molecule has 1 fully saturated rings. The lowest BCUT2D eigenvalue weighted by atomic mass is 10.1. The predicted molar refractivity (Wildman–Crippen MR) is 136 cm³/mol. The van der Waals surface area contributed by atoms with Crippen LogP contribution >= 0.6 is 0 Å². The summed E-state index contributed by atoms with van der Waals surface area (Å²) >= 11 is 0. The van der Waals surface area contributed by atoms with Crippen molar-refractivity contribution in [2.45, 2.75) is 31.6 Å². The molecule has 1 aliphatic carbocycles. The van der Waals surface area contributed by atoms with E-state index in [2.05, 4.69) is 129 Å². The molecule has 0 bridgehead atoms. The second-order valence-corrected chi connectivity index (χ2v) is 6.47. The zero-order chi connectivity index (χ0) is 26.3. The van der Waals surface area contributed by atoms with Gasteiger partial charge in [-0.15, -0.1) is 0 Å². The van der Waals surface area contributed by atoms with Crippen molar-refractivity contribution in [2.24, 2.45) is 5.92 Å². The molecule has 2 amide bonds. The molecule has 6 nitrogen and oxygen atoms in total. The van der Waals surface area contributed by atoms with E-state index in [1.54, 1.807) is 14.0 Å². The van der Waals surface area contributed by atoms with Gasteiger partial charge in [0.15, 0.2) is 0 Å². The Balaban J connectivity index is 2.42. The molecule has 174 valence electrons. The third-order valence-electron chi connectivity index (χ3n) is 4.17. The molecule has 1 aliphatic rings. The molecule has 0 aromatic heterocycles. The van der Waals surface area contributed by atoms with E-state index in [1.807, 2.05) is 0 Å². The van der Waals surface area contributed by atoms with Crippen molar-refractivity contribution in [1.29, 1.82) is 0 Å². The Hall–Kier alpha value is -5.25. The fourth-order valence-corrected chi connectivity index (χ4v) is 2.82. The Morgan fingerprint density at radius 1 is 0.778 bits per heavy atom. The van der Waals surface area contributed by atoms with Gasteiger partial charge in [0.2, 0.25) is 0 Å². The van der Waals surface area contributed by atoms with Gasteiger partial charge in [0.25, 0.3) is 0 Å². The van der Waals surface area contributed by atoms with Gasteiger partial charge in [0.1, 0.15) is 6.10 Å². The molecule has 36 heavy (non-hydrogen) atoms. The first-order valence-corrected chi connectivity index (χ1v) is 10.3. The fraction of sp³-hybridized carbons (Fsp3) is 0.300. The first-order valence-electron chi connectivity index (χ1n) is 10.3. The number of methoxy groups -OCH3 is 2. The summed E-state index contributed by atoms with van der Waals surface area (Å²) in [5, 5.41) is 15.3. The number of carbonyl (C=O) groups is 1. The smallest absolute Gasteiger partial charge is 0.326 e. The van der Waals surface area contributed by atoms with Crippen LogP contribution in [0.4, 0.5) is 4.79 Å². The quantitative estimate of drug-likeness (QED) is 0.388. The molecule has 0 radical (unpaired) electrons. The summed E-state index contributed by atoms with van der Waals surface area (Å²) in [6, 6.07) is 1.52. The van der Waals surface area contributed by atoms with Crippen LogP contribution in [0.2, 0.25) is 0 Å². The number of nitrogens with one attached hydrogen (secondary N) is 2. The topological polar surface area (TPSA) is 79.8 Å². The second-order valence-electron chi connectivity index (χ2n) is 6.47. The molecule has 0 aromatic rings. The summed E-state index contributed by atoms with van der Waals surface area (Å²) in [4.78, 5) is 12.0. The molecule has 4 atom stereocenters. The van der Waals surface area contributed by atoms with Gasteiger partial charge >= 0.3 is 6.03 Å². The molecule has 1 rings (SSSR count). The molecular formula is C30H20N2O4. The van der Waals surface area contributed by atoms with Crippen LogP contribution < -0.4 is 10.6 Å². The van der Waals surface area contributed by atoms with Crippen molar-refractivity contribution in [3.8, 4) is 119 Å². The maximum absolute atomic E-state index is 12.0. The molecule has 0 heterocycles. The average Bonchev–Trinajstić information content (AvgIpc) is 3.16. The number of carbonyl (C=O) groups excluding carboxylic acids is 1. The van der Waals surface area contributed by atoms with Gasteiger partial charge in [0.05, 0.1) is 18.8 Å². The molecule has 1 unspecified atom stereocenters. The third kappa shape index (κ3) is 12.7. The monoisotopic (exact) mass is 472 g/mol. The lowest BCUT2D eigenvalue weighted by Crippen LogP contribution is -2.47. The highest BCUT2D eigenvalue weighted by atomic mass is 16.5. The standard InChI is InChI=1S/C30H20N2O4/c1-4-5-6-7-8-9-10-11-12-13-14-15-16-17-18-19-20-21-22-23-31-30(34)32-27-24-26(25-35-2)28(33)29(27)36-3/h26-29,33H,24-25H2,1-3H3,(H2,31,32,34)/t26-,27-,28?,29-/m1/s1. The minimum atomic E-state index is -0.727. The van der Waals surface area contributed by atoms with Crippen LogP contribution in [0.5, 0.6) is 0 Å². The zero-order valence-electron chi connectivity index (χ0n) is 19.9. The second kappa shape index (κ2) is 19.2. The Bertz CT molecular complexity index is 1440. The Morgan fingerprint density at radius 2 is 1.22 bits per heavy atom. The number of hydrogen-bond acceptors (Lipinski definition) is 4. The van der Waals surface area contributed by atoms with E-state index in [-0.39, 0.29) is 12.0 Å². The van der Waals surface area contributed by atoms with E-state index in [0.29, 0.717) is 13.0 Å². The molecule has 0 saturated heterocycles. The van der Waals surface area contributed by atoms with Gasteiger partial charge in [-0.2, -0.15) is 0 Å². The number of hydrogen-bond donors (Lipinski definition) is 3. The Morgan fingerprint density at radius 3 is 1.64 bits per heavy atom. The highest BCUT2D eigenvalue weighted by Crippen LogP contribution is 2.28. The summed E-state index contributed by atoms with van der Waals surface area (Å²) in [5.74, 6) is 47.4. The van der Waals surface area contributed by atoms with Gasteiger partial charge < -0.3 is 19.9 Å². The molecule has 0 spiro atoms. The first-order chi connectivity index (χ1) is 17.6. The normalized spacial score (nSPS) is 17.2. The van der Waals surface area contributed by atoms with Crippen LogP contribution in [0.25, 0.3) is 0 Å². The lowest BCUT2D eigenvalue weighted by Gasteiger charge is -2.21. The maximum atomic E-state index is 12.0. The zero-order valence-corrected chi connectivity index (χ0v) is 19.9. The van der Waals surface area contributed by atoms with Gasteiger partial charge in [-0.25, -0.2) is 4.79 Å². The van der Waals surface area contributed by atoms with E-state index in [4.69, 9.17) is 9.47 Å². The first kappa shape index (κ1) is 28.8. The minimum absolute atomic E-state index is 0.125. The van der Waals surface area contributed by atoms with Crippen molar-refractivity contribution in [2.75, 3.05) is 20.8 Å². The molecule has 0 aliphatic heterocycles. The van der Waals surface area contributed by atoms with Gasteiger partial charge in [0, 0.05) is 85.4 Å². The number of amides is 2. The highest BCUT2D eigenvalue weighted by Gasteiger charge is 2.43. The van der Waals surface area contributed by atoms with Gasteiger partial charge in [-0.05, 0) is 60.7 Å². The fourth-order valence-electron chi connectivity index (χ4n) is 2.82. The Kier molecular flexibility index (Phi) is 15.4. The van der Waals surface area contributed by atoms with Crippen molar-refractivity contribution < 1.29 is 19.4 Å². The highest BCUT2D eigenvalue weighted by molar-refractivity contribution is 5.76. The van der Waals surface area contributed by atoms with Crippen LogP contribution in [-0.2, 0) is 9.47 Å².